The van der Waals surface area contributed by atoms with E-state index in [1.165, 1.54) is 11.1 Å². The van der Waals surface area contributed by atoms with Crippen molar-refractivity contribution >= 4 is 23.4 Å². The van der Waals surface area contributed by atoms with Crippen LogP contribution in [0.3, 0.4) is 0 Å². The minimum atomic E-state index is -0.303. The Kier molecular flexibility index (Phi) is 7.95. The van der Waals surface area contributed by atoms with Gasteiger partial charge in [0.15, 0.2) is 0 Å². The third-order valence-corrected chi connectivity index (χ3v) is 7.85. The van der Waals surface area contributed by atoms with E-state index in [-0.39, 0.29) is 29.7 Å². The molecule has 1 aliphatic carbocycles. The summed E-state index contributed by atoms with van der Waals surface area (Å²) in [6.07, 6.45) is 12.0. The second-order valence-corrected chi connectivity index (χ2v) is 10.4. The van der Waals surface area contributed by atoms with Crippen LogP contribution in [-0.4, -0.2) is 47.3 Å². The quantitative estimate of drug-likeness (QED) is 0.488. The van der Waals surface area contributed by atoms with Gasteiger partial charge < -0.3 is 9.80 Å². The van der Waals surface area contributed by atoms with Crippen molar-refractivity contribution in [3.63, 3.8) is 0 Å². The van der Waals surface area contributed by atoms with Crippen molar-refractivity contribution in [3.8, 4) is 0 Å². The van der Waals surface area contributed by atoms with E-state index in [1.807, 2.05) is 34.1 Å². The topological polar surface area (TPSA) is 40.6 Å². The number of amides is 2. The fourth-order valence-corrected chi connectivity index (χ4v) is 5.93. The van der Waals surface area contributed by atoms with Crippen LogP contribution in [-0.2, 0) is 9.59 Å². The van der Waals surface area contributed by atoms with Gasteiger partial charge >= 0.3 is 0 Å². The summed E-state index contributed by atoms with van der Waals surface area (Å²) in [5.41, 5.74) is 3.90. The van der Waals surface area contributed by atoms with Gasteiger partial charge in [-0.05, 0) is 75.5 Å². The SMILES string of the molecule is CCCC1=CCCN(C(=O)[C@@H]2CCCN2C(=O)[C@@H]2CC(C)=CC[C@H]2c2ccc(Cl)cc2)CC1. The molecule has 0 saturated carbocycles. The second-order valence-electron chi connectivity index (χ2n) is 9.92. The Morgan fingerprint density at radius 3 is 2.61 bits per heavy atom. The molecular formula is C28H37ClN2O2. The van der Waals surface area contributed by atoms with Gasteiger partial charge in [-0.25, -0.2) is 0 Å². The third-order valence-electron chi connectivity index (χ3n) is 7.60. The van der Waals surface area contributed by atoms with Gasteiger partial charge in [-0.15, -0.1) is 0 Å². The van der Waals surface area contributed by atoms with Crippen LogP contribution >= 0.6 is 11.6 Å². The van der Waals surface area contributed by atoms with Crippen LogP contribution in [0.2, 0.25) is 5.02 Å². The lowest BCUT2D eigenvalue weighted by atomic mass is 9.75. The Balaban J connectivity index is 1.48. The molecule has 4 nitrogen and oxygen atoms in total. The lowest BCUT2D eigenvalue weighted by Crippen LogP contribution is -2.50. The summed E-state index contributed by atoms with van der Waals surface area (Å²) in [6, 6.07) is 7.61. The number of hydrogen-bond acceptors (Lipinski definition) is 2. The van der Waals surface area contributed by atoms with Gasteiger partial charge in [0.05, 0.1) is 0 Å². The number of benzene rings is 1. The van der Waals surface area contributed by atoms with E-state index in [0.29, 0.717) is 11.6 Å². The summed E-state index contributed by atoms with van der Waals surface area (Å²) in [7, 11) is 0. The van der Waals surface area contributed by atoms with E-state index in [1.54, 1.807) is 0 Å². The van der Waals surface area contributed by atoms with Crippen LogP contribution < -0.4 is 0 Å². The summed E-state index contributed by atoms with van der Waals surface area (Å²) in [6.45, 7) is 6.55. The first kappa shape index (κ1) is 24.1. The maximum atomic E-state index is 13.9. The second kappa shape index (κ2) is 10.9. The highest BCUT2D eigenvalue weighted by Gasteiger charge is 2.42. The van der Waals surface area contributed by atoms with Gasteiger partial charge in [0.1, 0.15) is 6.04 Å². The number of halogens is 1. The van der Waals surface area contributed by atoms with E-state index in [2.05, 4.69) is 26.0 Å². The summed E-state index contributed by atoms with van der Waals surface area (Å²) in [4.78, 5) is 31.4. The molecule has 3 aliphatic rings. The Hall–Kier alpha value is -2.07. The van der Waals surface area contributed by atoms with Crippen LogP contribution in [0.4, 0.5) is 0 Å². The Morgan fingerprint density at radius 1 is 1.06 bits per heavy atom. The molecule has 3 atom stereocenters. The zero-order valence-corrected chi connectivity index (χ0v) is 20.8. The number of nitrogens with zero attached hydrogens (tertiary/aromatic N) is 2. The molecule has 0 aromatic heterocycles. The molecule has 4 rings (SSSR count). The summed E-state index contributed by atoms with van der Waals surface area (Å²) in [5, 5.41) is 0.711. The standard InChI is InChI=1S/C28H37ClN2O2/c1-3-6-21-7-4-16-30(18-15-21)28(33)26-8-5-17-31(26)27(32)25-19-20(2)9-14-24(25)22-10-12-23(29)13-11-22/h7,9-13,24-26H,3-6,8,14-19H2,1-2H3/t24-,25+,26-/m0/s1. The predicted octanol–water partition coefficient (Wildman–Crippen LogP) is 6.12. The fraction of sp³-hybridized carbons (Fsp3) is 0.571. The summed E-state index contributed by atoms with van der Waals surface area (Å²) in [5.74, 6) is 0.316. The molecule has 2 amide bonds. The fourth-order valence-electron chi connectivity index (χ4n) is 5.80. The van der Waals surface area contributed by atoms with Crippen molar-refractivity contribution in [2.45, 2.75) is 77.2 Å². The molecule has 0 radical (unpaired) electrons. The summed E-state index contributed by atoms with van der Waals surface area (Å²) >= 11 is 6.11. The van der Waals surface area contributed by atoms with Crippen molar-refractivity contribution in [2.24, 2.45) is 5.92 Å². The predicted molar refractivity (Wildman–Crippen MR) is 134 cm³/mol. The van der Waals surface area contributed by atoms with E-state index >= 15 is 0 Å². The normalized spacial score (nSPS) is 26.0. The summed E-state index contributed by atoms with van der Waals surface area (Å²) < 4.78 is 0. The molecule has 0 unspecified atom stereocenters. The third kappa shape index (κ3) is 5.54. The van der Waals surface area contributed by atoms with Crippen LogP contribution in [0, 0.1) is 5.92 Å². The monoisotopic (exact) mass is 468 g/mol. The first-order valence-corrected chi connectivity index (χ1v) is 13.0. The van der Waals surface area contributed by atoms with Crippen LogP contribution in [0.15, 0.2) is 47.6 Å². The minimum absolute atomic E-state index is 0.119. The van der Waals surface area contributed by atoms with Crippen molar-refractivity contribution in [3.05, 3.63) is 58.1 Å². The van der Waals surface area contributed by atoms with Gasteiger partial charge in [-0.2, -0.15) is 0 Å². The van der Waals surface area contributed by atoms with Gasteiger partial charge in [0.25, 0.3) is 0 Å². The Bertz CT molecular complexity index is 920. The molecule has 178 valence electrons. The van der Waals surface area contributed by atoms with Crippen LogP contribution in [0.5, 0.6) is 0 Å². The zero-order valence-electron chi connectivity index (χ0n) is 20.1. The molecule has 0 spiro atoms. The number of allylic oxidation sites excluding steroid dienone is 2. The molecule has 33 heavy (non-hydrogen) atoms. The maximum Gasteiger partial charge on any atom is 0.245 e. The molecular weight excluding hydrogens is 432 g/mol. The van der Waals surface area contributed by atoms with Crippen LogP contribution in [0.25, 0.3) is 0 Å². The molecule has 5 heteroatoms. The van der Waals surface area contributed by atoms with Gasteiger partial charge in [-0.1, -0.05) is 60.4 Å². The largest absolute Gasteiger partial charge is 0.340 e. The van der Waals surface area contributed by atoms with E-state index in [4.69, 9.17) is 11.6 Å². The number of carbonyl (C=O) groups excluding carboxylic acids is 2. The Morgan fingerprint density at radius 2 is 1.85 bits per heavy atom. The van der Waals surface area contributed by atoms with Gasteiger partial charge in [-0.3, -0.25) is 9.59 Å². The highest BCUT2D eigenvalue weighted by Crippen LogP contribution is 2.40. The number of rotatable bonds is 5. The smallest absolute Gasteiger partial charge is 0.245 e. The molecule has 1 aromatic rings. The van der Waals surface area contributed by atoms with Gasteiger partial charge in [0, 0.05) is 30.6 Å². The first-order valence-electron chi connectivity index (χ1n) is 12.7. The number of carbonyl (C=O) groups is 2. The van der Waals surface area contributed by atoms with Gasteiger partial charge in [0.2, 0.25) is 11.8 Å². The molecule has 1 saturated heterocycles. The zero-order chi connectivity index (χ0) is 23.4. The molecule has 1 fully saturated rings. The first-order chi connectivity index (χ1) is 16.0. The molecule has 2 heterocycles. The Labute approximate surface area is 203 Å². The van der Waals surface area contributed by atoms with Crippen molar-refractivity contribution in [1.29, 1.82) is 0 Å². The molecule has 1 aromatic carbocycles. The molecule has 0 bridgehead atoms. The maximum absolute atomic E-state index is 13.9. The van der Waals surface area contributed by atoms with Crippen molar-refractivity contribution in [2.75, 3.05) is 19.6 Å². The lowest BCUT2D eigenvalue weighted by Gasteiger charge is -2.36. The van der Waals surface area contributed by atoms with E-state index in [9.17, 15) is 9.59 Å². The van der Waals surface area contributed by atoms with E-state index < -0.39 is 0 Å². The minimum Gasteiger partial charge on any atom is -0.340 e. The number of hydrogen-bond donors (Lipinski definition) is 0. The average molecular weight is 469 g/mol. The highest BCUT2D eigenvalue weighted by molar-refractivity contribution is 6.30. The lowest BCUT2D eigenvalue weighted by molar-refractivity contribution is -0.146. The molecule has 2 aliphatic heterocycles. The van der Waals surface area contributed by atoms with Crippen molar-refractivity contribution < 1.29 is 9.59 Å². The number of likely N-dealkylation sites (tertiary alicyclic amines) is 1. The molecule has 0 N–H and O–H groups in total. The highest BCUT2D eigenvalue weighted by atomic mass is 35.5. The average Bonchev–Trinajstić information content (AvgIpc) is 3.19. The van der Waals surface area contributed by atoms with Crippen molar-refractivity contribution in [1.82, 2.24) is 9.80 Å². The van der Waals surface area contributed by atoms with Crippen LogP contribution in [0.1, 0.15) is 76.7 Å². The van der Waals surface area contributed by atoms with E-state index in [0.717, 1.165) is 70.0 Å².